The molecule has 1 unspecified atom stereocenters. The number of aliphatic carboxylic acids is 1. The Labute approximate surface area is 160 Å². The lowest BCUT2D eigenvalue weighted by atomic mass is 10.1. The number of esters is 1. The van der Waals surface area contributed by atoms with Gasteiger partial charge in [-0.2, -0.15) is 0 Å². The van der Waals surface area contributed by atoms with Gasteiger partial charge in [0, 0.05) is 4.43 Å². The summed E-state index contributed by atoms with van der Waals surface area (Å²) in [5.41, 5.74) is 0.827. The summed E-state index contributed by atoms with van der Waals surface area (Å²) in [6.45, 7) is 3.58. The third-order valence-corrected chi connectivity index (χ3v) is 4.25. The van der Waals surface area contributed by atoms with Crippen LogP contribution < -0.4 is 5.32 Å². The van der Waals surface area contributed by atoms with E-state index in [1.54, 1.807) is 13.8 Å². The van der Waals surface area contributed by atoms with Gasteiger partial charge >= 0.3 is 18.0 Å². The van der Waals surface area contributed by atoms with Crippen LogP contribution in [0.2, 0.25) is 0 Å². The van der Waals surface area contributed by atoms with Crippen molar-refractivity contribution >= 4 is 40.6 Å². The standard InChI is InChI=1S/C17H22INO6/c1-11(2)15(16(22)25-13(9-18)8-14(20)21)19-17(23)24-10-12-6-4-3-5-7-12/h3-7,11,13,15H,8-10H2,1-2H3,(H,19,23)(H,20,21)/t13?,15-/m0/s1. The maximum Gasteiger partial charge on any atom is 0.408 e. The molecule has 7 nitrogen and oxygen atoms in total. The number of hydrogen-bond donors (Lipinski definition) is 2. The van der Waals surface area contributed by atoms with Crippen LogP contribution >= 0.6 is 22.6 Å². The molecule has 0 aliphatic carbocycles. The predicted molar refractivity (Wildman–Crippen MR) is 99.4 cm³/mol. The van der Waals surface area contributed by atoms with Gasteiger partial charge in [-0.3, -0.25) is 4.79 Å². The van der Waals surface area contributed by atoms with Crippen LogP contribution in [0.3, 0.4) is 0 Å². The van der Waals surface area contributed by atoms with Gasteiger partial charge in [-0.05, 0) is 11.5 Å². The summed E-state index contributed by atoms with van der Waals surface area (Å²) in [6, 6.07) is 8.24. The van der Waals surface area contributed by atoms with E-state index in [1.807, 2.05) is 52.9 Å². The first-order chi connectivity index (χ1) is 11.8. The Morgan fingerprint density at radius 3 is 2.36 bits per heavy atom. The van der Waals surface area contributed by atoms with Gasteiger partial charge in [0.2, 0.25) is 0 Å². The molecule has 0 fully saturated rings. The zero-order valence-corrected chi connectivity index (χ0v) is 16.3. The van der Waals surface area contributed by atoms with Gasteiger partial charge < -0.3 is 19.9 Å². The lowest BCUT2D eigenvalue weighted by Gasteiger charge is -2.23. The minimum atomic E-state index is -1.05. The molecule has 0 spiro atoms. The number of carbonyl (C=O) groups is 3. The van der Waals surface area contributed by atoms with Gasteiger partial charge in [-0.25, -0.2) is 9.59 Å². The lowest BCUT2D eigenvalue weighted by Crippen LogP contribution is -2.46. The third-order valence-electron chi connectivity index (χ3n) is 3.26. The Balaban J connectivity index is 2.58. The summed E-state index contributed by atoms with van der Waals surface area (Å²) in [5, 5.41) is 11.3. The van der Waals surface area contributed by atoms with E-state index in [1.165, 1.54) is 0 Å². The summed E-state index contributed by atoms with van der Waals surface area (Å²) >= 11 is 1.95. The number of amides is 1. The second-order valence-electron chi connectivity index (χ2n) is 5.74. The fourth-order valence-corrected chi connectivity index (χ4v) is 2.44. The van der Waals surface area contributed by atoms with Crippen LogP contribution in [0.25, 0.3) is 0 Å². The van der Waals surface area contributed by atoms with Crippen molar-refractivity contribution in [2.24, 2.45) is 5.92 Å². The monoisotopic (exact) mass is 463 g/mol. The smallest absolute Gasteiger partial charge is 0.408 e. The fraction of sp³-hybridized carbons (Fsp3) is 0.471. The fourth-order valence-electron chi connectivity index (χ4n) is 1.95. The van der Waals surface area contributed by atoms with Crippen molar-refractivity contribution in [3.8, 4) is 0 Å². The molecule has 8 heteroatoms. The van der Waals surface area contributed by atoms with E-state index < -0.39 is 30.2 Å². The van der Waals surface area contributed by atoms with E-state index in [-0.39, 0.29) is 18.9 Å². The van der Waals surface area contributed by atoms with E-state index in [0.717, 1.165) is 5.56 Å². The topological polar surface area (TPSA) is 102 Å². The van der Waals surface area contributed by atoms with Gasteiger partial charge in [-0.15, -0.1) is 0 Å². The molecule has 1 rings (SSSR count). The highest BCUT2D eigenvalue weighted by Gasteiger charge is 2.29. The normalized spacial score (nSPS) is 13.0. The molecule has 138 valence electrons. The van der Waals surface area contributed by atoms with Crippen molar-refractivity contribution in [1.82, 2.24) is 5.32 Å². The number of hydrogen-bond acceptors (Lipinski definition) is 5. The molecule has 1 amide bonds. The van der Waals surface area contributed by atoms with Crippen molar-refractivity contribution in [2.75, 3.05) is 4.43 Å². The largest absolute Gasteiger partial charge is 0.481 e. The van der Waals surface area contributed by atoms with E-state index in [0.29, 0.717) is 4.43 Å². The average Bonchev–Trinajstić information content (AvgIpc) is 2.57. The average molecular weight is 463 g/mol. The number of carboxylic acids is 1. The SMILES string of the molecule is CC(C)[C@H](NC(=O)OCc1ccccc1)C(=O)OC(CI)CC(=O)O. The molecule has 0 saturated carbocycles. The molecule has 1 aromatic carbocycles. The van der Waals surface area contributed by atoms with Crippen LogP contribution in [0.5, 0.6) is 0 Å². The van der Waals surface area contributed by atoms with E-state index in [9.17, 15) is 14.4 Å². The first kappa shape index (κ1) is 21.2. The number of benzene rings is 1. The van der Waals surface area contributed by atoms with Crippen molar-refractivity contribution < 1.29 is 29.0 Å². The van der Waals surface area contributed by atoms with Crippen molar-refractivity contribution in [3.63, 3.8) is 0 Å². The molecule has 0 radical (unpaired) electrons. The summed E-state index contributed by atoms with van der Waals surface area (Å²) < 4.78 is 10.6. The summed E-state index contributed by atoms with van der Waals surface area (Å²) in [7, 11) is 0. The van der Waals surface area contributed by atoms with Gasteiger partial charge in [0.1, 0.15) is 18.8 Å². The highest BCUT2D eigenvalue weighted by Crippen LogP contribution is 2.10. The molecule has 0 aromatic heterocycles. The molecule has 0 heterocycles. The van der Waals surface area contributed by atoms with Gasteiger partial charge in [0.05, 0.1) is 6.42 Å². The minimum Gasteiger partial charge on any atom is -0.481 e. The van der Waals surface area contributed by atoms with Crippen LogP contribution in [0.4, 0.5) is 4.79 Å². The first-order valence-electron chi connectivity index (χ1n) is 7.79. The second kappa shape index (κ2) is 10.9. The molecule has 2 N–H and O–H groups in total. The van der Waals surface area contributed by atoms with E-state index in [4.69, 9.17) is 14.6 Å². The number of rotatable bonds is 9. The first-order valence-corrected chi connectivity index (χ1v) is 9.31. The van der Waals surface area contributed by atoms with Crippen molar-refractivity contribution in [3.05, 3.63) is 35.9 Å². The number of ether oxygens (including phenoxy) is 2. The summed E-state index contributed by atoms with van der Waals surface area (Å²) in [6.07, 6.45) is -1.75. The molecular formula is C17H22INO6. The third kappa shape index (κ3) is 8.19. The second-order valence-corrected chi connectivity index (χ2v) is 6.62. The molecule has 1 aromatic rings. The number of alkyl carbamates (subject to hydrolysis) is 1. The van der Waals surface area contributed by atoms with Gasteiger partial charge in [0.25, 0.3) is 0 Å². The highest BCUT2D eigenvalue weighted by atomic mass is 127. The van der Waals surface area contributed by atoms with E-state index >= 15 is 0 Å². The minimum absolute atomic E-state index is 0.0852. The number of carboxylic acid groups (broad SMARTS) is 1. The van der Waals surface area contributed by atoms with Crippen molar-refractivity contribution in [1.29, 1.82) is 0 Å². The molecule has 0 aliphatic rings. The quantitative estimate of drug-likeness (QED) is 0.332. The number of nitrogens with one attached hydrogen (secondary N) is 1. The Morgan fingerprint density at radius 2 is 1.84 bits per heavy atom. The van der Waals surface area contributed by atoms with Crippen LogP contribution in [0, 0.1) is 5.92 Å². The Bertz CT molecular complexity index is 578. The van der Waals surface area contributed by atoms with Gasteiger partial charge in [0.15, 0.2) is 0 Å². The molecule has 2 atom stereocenters. The van der Waals surface area contributed by atoms with Crippen LogP contribution in [0.1, 0.15) is 25.8 Å². The molecule has 0 saturated heterocycles. The predicted octanol–water partition coefficient (Wildman–Crippen LogP) is 2.76. The molecule has 25 heavy (non-hydrogen) atoms. The number of carbonyl (C=O) groups excluding carboxylic acids is 2. The number of alkyl halides is 1. The zero-order valence-electron chi connectivity index (χ0n) is 14.1. The van der Waals surface area contributed by atoms with Gasteiger partial charge in [-0.1, -0.05) is 66.8 Å². The number of halogens is 1. The Morgan fingerprint density at radius 1 is 1.20 bits per heavy atom. The molecule has 0 bridgehead atoms. The van der Waals surface area contributed by atoms with E-state index in [2.05, 4.69) is 5.32 Å². The van der Waals surface area contributed by atoms with Crippen LogP contribution in [0.15, 0.2) is 30.3 Å². The van der Waals surface area contributed by atoms with Crippen LogP contribution in [-0.2, 0) is 25.7 Å². The van der Waals surface area contributed by atoms with Crippen LogP contribution in [-0.4, -0.2) is 39.7 Å². The lowest BCUT2D eigenvalue weighted by molar-refractivity contribution is -0.154. The highest BCUT2D eigenvalue weighted by molar-refractivity contribution is 14.1. The Hall–Kier alpha value is -1.84. The summed E-state index contributed by atoms with van der Waals surface area (Å²) in [4.78, 5) is 35.0. The zero-order chi connectivity index (χ0) is 18.8. The maximum atomic E-state index is 12.3. The molecular weight excluding hydrogens is 441 g/mol. The Kier molecular flexibility index (Phi) is 9.25. The molecule has 0 aliphatic heterocycles. The van der Waals surface area contributed by atoms with Crippen molar-refractivity contribution in [2.45, 2.75) is 39.0 Å². The summed E-state index contributed by atoms with van der Waals surface area (Å²) in [5.74, 6) is -1.96. The maximum absolute atomic E-state index is 12.3.